The minimum atomic E-state index is -0.779. The smallest absolute Gasteiger partial charge is 0.330 e. The van der Waals surface area contributed by atoms with E-state index in [1.807, 2.05) is 13.8 Å². The molecule has 0 aliphatic rings. The lowest BCUT2D eigenvalue weighted by atomic mass is 10.1. The van der Waals surface area contributed by atoms with Gasteiger partial charge in [-0.1, -0.05) is 25.4 Å². The number of rotatable bonds is 10. The van der Waals surface area contributed by atoms with Gasteiger partial charge in [-0.25, -0.2) is 4.79 Å². The summed E-state index contributed by atoms with van der Waals surface area (Å²) in [5.41, 5.74) is 5.31. The van der Waals surface area contributed by atoms with Gasteiger partial charge in [-0.3, -0.25) is 23.9 Å². The van der Waals surface area contributed by atoms with Gasteiger partial charge in [0.2, 0.25) is 5.91 Å². The van der Waals surface area contributed by atoms with E-state index in [4.69, 9.17) is 22.1 Å². The predicted molar refractivity (Wildman–Crippen MR) is 133 cm³/mol. The Morgan fingerprint density at radius 3 is 2.53 bits per heavy atom. The SMILES string of the molecule is COCCN(C(=O)CNc1cc(Cl)ccc1C(=O)N(C)C)c1c(N)n(CC(C)C)c(=O)[nH]c1=O. The van der Waals surface area contributed by atoms with Crippen LogP contribution in [0.5, 0.6) is 0 Å². The summed E-state index contributed by atoms with van der Waals surface area (Å²) in [6.45, 7) is 3.91. The molecule has 1 heterocycles. The number of carbonyl (C=O) groups excluding carboxylic acids is 2. The highest BCUT2D eigenvalue weighted by atomic mass is 35.5. The molecule has 0 atom stereocenters. The lowest BCUT2D eigenvalue weighted by molar-refractivity contribution is -0.117. The number of halogens is 1. The molecule has 0 bridgehead atoms. The molecule has 0 saturated heterocycles. The highest BCUT2D eigenvalue weighted by Crippen LogP contribution is 2.23. The quantitative estimate of drug-likeness (QED) is 0.450. The molecule has 2 rings (SSSR count). The van der Waals surface area contributed by atoms with Gasteiger partial charge in [0, 0.05) is 45.0 Å². The van der Waals surface area contributed by atoms with Crippen molar-refractivity contribution < 1.29 is 14.3 Å². The average molecular weight is 495 g/mol. The van der Waals surface area contributed by atoms with Crippen LogP contribution < -0.4 is 27.2 Å². The van der Waals surface area contributed by atoms with E-state index in [1.165, 1.54) is 27.5 Å². The van der Waals surface area contributed by atoms with Gasteiger partial charge in [-0.05, 0) is 24.1 Å². The number of hydrogen-bond donors (Lipinski definition) is 3. The van der Waals surface area contributed by atoms with Gasteiger partial charge in [-0.15, -0.1) is 0 Å². The molecule has 2 aromatic rings. The van der Waals surface area contributed by atoms with Crippen molar-refractivity contribution >= 4 is 40.6 Å². The van der Waals surface area contributed by atoms with Crippen LogP contribution in [0, 0.1) is 5.92 Å². The maximum atomic E-state index is 13.2. The number of nitrogens with zero attached hydrogens (tertiary/aromatic N) is 3. The van der Waals surface area contributed by atoms with E-state index in [2.05, 4.69) is 10.3 Å². The zero-order chi connectivity index (χ0) is 25.6. The van der Waals surface area contributed by atoms with E-state index in [0.717, 1.165) is 0 Å². The molecule has 0 radical (unpaired) electrons. The Morgan fingerprint density at radius 1 is 1.26 bits per heavy atom. The van der Waals surface area contributed by atoms with E-state index in [0.29, 0.717) is 16.3 Å². The normalized spacial score (nSPS) is 10.9. The molecule has 0 unspecified atom stereocenters. The fourth-order valence-electron chi connectivity index (χ4n) is 3.28. The lowest BCUT2D eigenvalue weighted by Gasteiger charge is -2.25. The minimum absolute atomic E-state index is 0.0171. The molecular weight excluding hydrogens is 464 g/mol. The summed E-state index contributed by atoms with van der Waals surface area (Å²) in [6, 6.07) is 4.67. The highest BCUT2D eigenvalue weighted by molar-refractivity contribution is 6.31. The van der Waals surface area contributed by atoms with Gasteiger partial charge in [-0.2, -0.15) is 0 Å². The number of aromatic amines is 1. The fraction of sp³-hybridized carbons (Fsp3) is 0.455. The first kappa shape index (κ1) is 26.9. The monoisotopic (exact) mass is 494 g/mol. The van der Waals surface area contributed by atoms with E-state index in [1.54, 1.807) is 26.2 Å². The summed E-state index contributed by atoms with van der Waals surface area (Å²) in [4.78, 5) is 55.5. The van der Waals surface area contributed by atoms with Crippen molar-refractivity contribution in [1.82, 2.24) is 14.5 Å². The molecule has 34 heavy (non-hydrogen) atoms. The number of ether oxygens (including phenoxy) is 1. The van der Waals surface area contributed by atoms with Gasteiger partial charge in [0.05, 0.1) is 18.7 Å². The Kier molecular flexibility index (Phi) is 9.28. The van der Waals surface area contributed by atoms with Crippen LogP contribution in [0.1, 0.15) is 24.2 Å². The third-order valence-electron chi connectivity index (χ3n) is 4.90. The van der Waals surface area contributed by atoms with Gasteiger partial charge in [0.25, 0.3) is 11.5 Å². The first-order chi connectivity index (χ1) is 16.0. The molecule has 0 saturated carbocycles. The minimum Gasteiger partial charge on any atom is -0.383 e. The van der Waals surface area contributed by atoms with Crippen LogP contribution in [0.4, 0.5) is 17.2 Å². The van der Waals surface area contributed by atoms with Crippen molar-refractivity contribution in [3.05, 3.63) is 49.6 Å². The second kappa shape index (κ2) is 11.7. The Morgan fingerprint density at radius 2 is 1.94 bits per heavy atom. The van der Waals surface area contributed by atoms with Crippen molar-refractivity contribution in [2.45, 2.75) is 20.4 Å². The lowest BCUT2D eigenvalue weighted by Crippen LogP contribution is -2.44. The number of anilines is 3. The number of aromatic nitrogens is 2. The molecule has 0 fully saturated rings. The molecule has 2 amide bonds. The predicted octanol–water partition coefficient (Wildman–Crippen LogP) is 1.22. The summed E-state index contributed by atoms with van der Waals surface area (Å²) in [5.74, 6) is -0.839. The number of nitrogens with one attached hydrogen (secondary N) is 2. The third-order valence-corrected chi connectivity index (χ3v) is 5.14. The van der Waals surface area contributed by atoms with Crippen LogP contribution in [0.3, 0.4) is 0 Å². The molecule has 0 aliphatic carbocycles. The van der Waals surface area contributed by atoms with Crippen LogP contribution in [-0.2, 0) is 16.1 Å². The third kappa shape index (κ3) is 6.39. The summed E-state index contributed by atoms with van der Waals surface area (Å²) in [5, 5.41) is 3.31. The number of nitrogens with two attached hydrogens (primary N) is 1. The maximum Gasteiger partial charge on any atom is 0.330 e. The fourth-order valence-corrected chi connectivity index (χ4v) is 3.46. The molecule has 0 spiro atoms. The topological polar surface area (TPSA) is 143 Å². The maximum absolute atomic E-state index is 13.2. The summed E-state index contributed by atoms with van der Waals surface area (Å²) < 4.78 is 6.32. The largest absolute Gasteiger partial charge is 0.383 e. The second-order valence-electron chi connectivity index (χ2n) is 8.28. The van der Waals surface area contributed by atoms with Crippen molar-refractivity contribution in [3.63, 3.8) is 0 Å². The number of hydrogen-bond acceptors (Lipinski definition) is 7. The number of methoxy groups -OCH3 is 1. The van der Waals surface area contributed by atoms with Crippen molar-refractivity contribution in [2.75, 3.05) is 56.9 Å². The molecule has 186 valence electrons. The van der Waals surface area contributed by atoms with Crippen molar-refractivity contribution in [2.24, 2.45) is 5.92 Å². The first-order valence-corrected chi connectivity index (χ1v) is 11.0. The zero-order valence-electron chi connectivity index (χ0n) is 20.0. The first-order valence-electron chi connectivity index (χ1n) is 10.6. The van der Waals surface area contributed by atoms with Gasteiger partial charge in [0.1, 0.15) is 5.82 Å². The van der Waals surface area contributed by atoms with E-state index >= 15 is 0 Å². The average Bonchev–Trinajstić information content (AvgIpc) is 2.76. The number of benzene rings is 1. The molecule has 1 aromatic carbocycles. The number of carbonyl (C=O) groups is 2. The van der Waals surface area contributed by atoms with E-state index in [9.17, 15) is 19.2 Å². The summed E-state index contributed by atoms with van der Waals surface area (Å²) in [6.07, 6.45) is 0. The van der Waals surface area contributed by atoms with E-state index < -0.39 is 17.2 Å². The second-order valence-corrected chi connectivity index (χ2v) is 8.72. The molecule has 1 aromatic heterocycles. The number of nitrogen functional groups attached to an aromatic ring is 1. The van der Waals surface area contributed by atoms with Crippen LogP contribution in [0.2, 0.25) is 5.02 Å². The molecule has 11 nitrogen and oxygen atoms in total. The Bertz CT molecular complexity index is 1160. The van der Waals surface area contributed by atoms with Crippen LogP contribution in [0.25, 0.3) is 0 Å². The van der Waals surface area contributed by atoms with Crippen LogP contribution >= 0.6 is 11.6 Å². The number of amides is 2. The molecule has 0 aliphatic heterocycles. The van der Waals surface area contributed by atoms with Crippen molar-refractivity contribution in [3.8, 4) is 0 Å². The summed E-state index contributed by atoms with van der Waals surface area (Å²) in [7, 11) is 4.68. The van der Waals surface area contributed by atoms with Crippen LogP contribution in [0.15, 0.2) is 27.8 Å². The standard InChI is InChI=1S/C22H31ClN6O5/c1-13(2)12-29-19(24)18(20(31)26-22(29)33)28(8-9-34-5)17(30)11-25-16-10-14(23)6-7-15(16)21(32)27(3)4/h6-7,10,13,25H,8-9,11-12,24H2,1-5H3,(H,26,31,33). The highest BCUT2D eigenvalue weighted by Gasteiger charge is 2.25. The Balaban J connectivity index is 2.43. The van der Waals surface area contributed by atoms with Crippen LogP contribution in [-0.4, -0.2) is 67.2 Å². The summed E-state index contributed by atoms with van der Waals surface area (Å²) >= 11 is 6.09. The Hall–Kier alpha value is -3.31. The van der Waals surface area contributed by atoms with E-state index in [-0.39, 0.29) is 49.6 Å². The van der Waals surface area contributed by atoms with Gasteiger partial charge >= 0.3 is 5.69 Å². The van der Waals surface area contributed by atoms with Crippen molar-refractivity contribution in [1.29, 1.82) is 0 Å². The zero-order valence-corrected chi connectivity index (χ0v) is 20.7. The molecule has 12 heteroatoms. The molecule has 4 N–H and O–H groups in total. The number of H-pyrrole nitrogens is 1. The molecular formula is C22H31ClN6O5. The Labute approximate surface area is 202 Å². The van der Waals surface area contributed by atoms with Gasteiger partial charge in [0.15, 0.2) is 5.69 Å². The van der Waals surface area contributed by atoms with Gasteiger partial charge < -0.3 is 25.6 Å².